The standard InChI is InChI=1S/C15H8FN3O8/c16-7-2-1-5(3-9(7)20)13-17-14(27-18-13)6-4-8(19(25)26)11(21)12(22)10(6)15(23)24/h1-4,20-22H,(H,23,24). The van der Waals surface area contributed by atoms with Crippen LogP contribution in [0.15, 0.2) is 28.8 Å². The van der Waals surface area contributed by atoms with Crippen molar-refractivity contribution in [3.8, 4) is 40.1 Å². The first-order chi connectivity index (χ1) is 12.7. The summed E-state index contributed by atoms with van der Waals surface area (Å²) in [7, 11) is 0. The summed E-state index contributed by atoms with van der Waals surface area (Å²) in [6, 6.07) is 3.77. The average molecular weight is 377 g/mol. The SMILES string of the molecule is O=C(O)c1c(-c2nc(-c3ccc(F)c(O)c3)no2)cc([N+](=O)[O-])c(O)c1O. The first-order valence-corrected chi connectivity index (χ1v) is 7.00. The summed E-state index contributed by atoms with van der Waals surface area (Å²) in [4.78, 5) is 25.2. The number of halogens is 1. The molecular weight excluding hydrogens is 369 g/mol. The molecule has 11 nitrogen and oxygen atoms in total. The van der Waals surface area contributed by atoms with E-state index in [0.717, 1.165) is 12.1 Å². The van der Waals surface area contributed by atoms with Crippen LogP contribution in [0.5, 0.6) is 17.2 Å². The topological polar surface area (TPSA) is 180 Å². The number of phenols is 3. The van der Waals surface area contributed by atoms with Gasteiger partial charge in [0.15, 0.2) is 17.3 Å². The molecule has 27 heavy (non-hydrogen) atoms. The maximum atomic E-state index is 13.1. The van der Waals surface area contributed by atoms with Gasteiger partial charge in [-0.05, 0) is 18.2 Å². The van der Waals surface area contributed by atoms with Crippen molar-refractivity contribution in [3.05, 3.63) is 45.8 Å². The minimum Gasteiger partial charge on any atom is -0.505 e. The van der Waals surface area contributed by atoms with Gasteiger partial charge < -0.3 is 24.9 Å². The van der Waals surface area contributed by atoms with Crippen molar-refractivity contribution in [2.24, 2.45) is 0 Å². The molecule has 2 aromatic carbocycles. The molecule has 0 bridgehead atoms. The van der Waals surface area contributed by atoms with Gasteiger partial charge in [0.05, 0.1) is 10.5 Å². The molecule has 1 aromatic heterocycles. The zero-order valence-corrected chi connectivity index (χ0v) is 13.0. The number of rotatable bonds is 4. The number of nitro benzene ring substituents is 1. The lowest BCUT2D eigenvalue weighted by molar-refractivity contribution is -0.385. The van der Waals surface area contributed by atoms with Gasteiger partial charge in [-0.1, -0.05) is 5.16 Å². The van der Waals surface area contributed by atoms with Gasteiger partial charge in [0.2, 0.25) is 11.6 Å². The van der Waals surface area contributed by atoms with Crippen LogP contribution in [0.2, 0.25) is 0 Å². The van der Waals surface area contributed by atoms with Gasteiger partial charge in [-0.2, -0.15) is 4.98 Å². The molecule has 0 radical (unpaired) electrons. The number of benzene rings is 2. The van der Waals surface area contributed by atoms with Gasteiger partial charge in [0, 0.05) is 11.6 Å². The first-order valence-electron chi connectivity index (χ1n) is 7.00. The van der Waals surface area contributed by atoms with Crippen molar-refractivity contribution in [1.29, 1.82) is 0 Å². The molecule has 0 aliphatic heterocycles. The monoisotopic (exact) mass is 377 g/mol. The second-order valence-electron chi connectivity index (χ2n) is 5.17. The molecular formula is C15H8FN3O8. The Balaban J connectivity index is 2.19. The lowest BCUT2D eigenvalue weighted by Gasteiger charge is -2.06. The van der Waals surface area contributed by atoms with Gasteiger partial charge in [0.1, 0.15) is 5.56 Å². The smallest absolute Gasteiger partial charge is 0.340 e. The molecule has 0 unspecified atom stereocenters. The molecule has 3 aromatic rings. The summed E-state index contributed by atoms with van der Waals surface area (Å²) in [5.41, 5.74) is -2.28. The fourth-order valence-electron chi connectivity index (χ4n) is 2.27. The Morgan fingerprint density at radius 1 is 1.19 bits per heavy atom. The van der Waals surface area contributed by atoms with Crippen LogP contribution in [-0.4, -0.2) is 41.5 Å². The summed E-state index contributed by atoms with van der Waals surface area (Å²) in [5, 5.41) is 52.6. The lowest BCUT2D eigenvalue weighted by atomic mass is 10.0. The molecule has 0 saturated carbocycles. The van der Waals surface area contributed by atoms with E-state index in [9.17, 15) is 39.7 Å². The number of hydrogen-bond acceptors (Lipinski definition) is 9. The van der Waals surface area contributed by atoms with Crippen molar-refractivity contribution in [2.45, 2.75) is 0 Å². The van der Waals surface area contributed by atoms with Crippen molar-refractivity contribution >= 4 is 11.7 Å². The van der Waals surface area contributed by atoms with Crippen LogP contribution in [0.25, 0.3) is 22.8 Å². The molecule has 3 rings (SSSR count). The predicted molar refractivity (Wildman–Crippen MR) is 83.7 cm³/mol. The third-order valence-electron chi connectivity index (χ3n) is 3.53. The quantitative estimate of drug-likeness (QED) is 0.299. The Bertz CT molecular complexity index is 1090. The molecule has 0 saturated heterocycles. The number of nitrogens with zero attached hydrogens (tertiary/aromatic N) is 3. The highest BCUT2D eigenvalue weighted by Gasteiger charge is 2.30. The van der Waals surface area contributed by atoms with E-state index < -0.39 is 56.7 Å². The fraction of sp³-hybridized carbons (Fsp3) is 0. The van der Waals surface area contributed by atoms with Crippen LogP contribution < -0.4 is 0 Å². The molecule has 4 N–H and O–H groups in total. The van der Waals surface area contributed by atoms with E-state index in [1.165, 1.54) is 6.07 Å². The summed E-state index contributed by atoms with van der Waals surface area (Å²) >= 11 is 0. The van der Waals surface area contributed by atoms with E-state index in [4.69, 9.17) is 4.52 Å². The zero-order chi connectivity index (χ0) is 19.9. The average Bonchev–Trinajstić information content (AvgIpc) is 3.08. The number of aromatic hydroxyl groups is 3. The minimum atomic E-state index is -1.72. The second kappa shape index (κ2) is 6.25. The van der Waals surface area contributed by atoms with E-state index in [2.05, 4.69) is 10.1 Å². The largest absolute Gasteiger partial charge is 0.505 e. The van der Waals surface area contributed by atoms with E-state index in [-0.39, 0.29) is 11.4 Å². The van der Waals surface area contributed by atoms with Crippen LogP contribution in [0.1, 0.15) is 10.4 Å². The highest BCUT2D eigenvalue weighted by Crippen LogP contribution is 2.43. The Hall–Kier alpha value is -4.22. The highest BCUT2D eigenvalue weighted by atomic mass is 19.1. The van der Waals surface area contributed by atoms with Gasteiger partial charge >= 0.3 is 11.7 Å². The number of carboxylic acid groups (broad SMARTS) is 1. The minimum absolute atomic E-state index is 0.110. The first kappa shape index (κ1) is 17.6. The number of aromatic nitrogens is 2. The second-order valence-corrected chi connectivity index (χ2v) is 5.17. The summed E-state index contributed by atoms with van der Waals surface area (Å²) in [5.74, 6) is -6.49. The van der Waals surface area contributed by atoms with Crippen LogP contribution >= 0.6 is 0 Å². The Morgan fingerprint density at radius 3 is 2.48 bits per heavy atom. The molecule has 0 spiro atoms. The van der Waals surface area contributed by atoms with E-state index in [0.29, 0.717) is 6.07 Å². The summed E-state index contributed by atoms with van der Waals surface area (Å²) in [6.45, 7) is 0. The highest BCUT2D eigenvalue weighted by molar-refractivity contribution is 6.00. The maximum absolute atomic E-state index is 13.1. The third-order valence-corrected chi connectivity index (χ3v) is 3.53. The fourth-order valence-corrected chi connectivity index (χ4v) is 2.27. The van der Waals surface area contributed by atoms with Crippen molar-refractivity contribution in [2.75, 3.05) is 0 Å². The predicted octanol–water partition coefficient (Wildman–Crippen LogP) is 2.27. The maximum Gasteiger partial charge on any atom is 0.340 e. The van der Waals surface area contributed by atoms with Crippen LogP contribution in [-0.2, 0) is 0 Å². The van der Waals surface area contributed by atoms with Crippen molar-refractivity contribution in [3.63, 3.8) is 0 Å². The molecule has 0 amide bonds. The van der Waals surface area contributed by atoms with Gasteiger partial charge in [0.25, 0.3) is 5.89 Å². The zero-order valence-electron chi connectivity index (χ0n) is 13.0. The number of aromatic carboxylic acids is 1. The van der Waals surface area contributed by atoms with Gasteiger partial charge in [-0.25, -0.2) is 9.18 Å². The normalized spacial score (nSPS) is 10.7. The Labute approximate surface area is 147 Å². The number of phenolic OH excluding ortho intramolecular Hbond substituents is 2. The summed E-state index contributed by atoms with van der Waals surface area (Å²) < 4.78 is 18.0. The molecule has 0 fully saturated rings. The number of carboxylic acids is 1. The van der Waals surface area contributed by atoms with Crippen LogP contribution in [0, 0.1) is 15.9 Å². The lowest BCUT2D eigenvalue weighted by Crippen LogP contribution is -2.02. The molecule has 0 atom stereocenters. The van der Waals surface area contributed by atoms with E-state index >= 15 is 0 Å². The Kier molecular flexibility index (Phi) is 4.08. The molecule has 12 heteroatoms. The molecule has 138 valence electrons. The molecule has 0 aliphatic carbocycles. The van der Waals surface area contributed by atoms with E-state index in [1.807, 2.05) is 0 Å². The Morgan fingerprint density at radius 2 is 1.89 bits per heavy atom. The van der Waals surface area contributed by atoms with Crippen LogP contribution in [0.4, 0.5) is 10.1 Å². The van der Waals surface area contributed by atoms with E-state index in [1.54, 1.807) is 0 Å². The number of carbonyl (C=O) groups is 1. The number of hydrogen-bond donors (Lipinski definition) is 4. The number of nitro groups is 1. The van der Waals surface area contributed by atoms with Crippen molar-refractivity contribution in [1.82, 2.24) is 10.1 Å². The van der Waals surface area contributed by atoms with Crippen molar-refractivity contribution < 1.29 is 39.1 Å². The van der Waals surface area contributed by atoms with Gasteiger partial charge in [-0.15, -0.1) is 0 Å². The third kappa shape index (κ3) is 2.95. The molecule has 1 heterocycles. The van der Waals surface area contributed by atoms with Gasteiger partial charge in [-0.3, -0.25) is 10.1 Å². The van der Waals surface area contributed by atoms with Crippen LogP contribution in [0.3, 0.4) is 0 Å². The molecule has 0 aliphatic rings. The summed E-state index contributed by atoms with van der Waals surface area (Å²) in [6.07, 6.45) is 0.